The van der Waals surface area contributed by atoms with E-state index >= 15 is 0 Å². The molecule has 0 bridgehead atoms. The van der Waals surface area contributed by atoms with E-state index in [9.17, 15) is 0 Å². The minimum Gasteiger partial charge on any atom is -0.489 e. The van der Waals surface area contributed by atoms with E-state index in [1.165, 1.54) is 0 Å². The maximum absolute atomic E-state index is 6.01. The third-order valence-electron chi connectivity index (χ3n) is 2.09. The molecule has 84 valence electrons. The first-order chi connectivity index (χ1) is 6.99. The second-order valence-corrected chi connectivity index (χ2v) is 4.66. The van der Waals surface area contributed by atoms with Crippen molar-refractivity contribution >= 4 is 17.3 Å². The number of rotatable bonds is 4. The molecule has 2 N–H and O–H groups in total. The second kappa shape index (κ2) is 5.26. The number of ether oxygens (including phenoxy) is 1. The molecule has 0 aliphatic carbocycles. The number of nitrogens with two attached hydrogens (primary N) is 1. The molecule has 1 aromatic carbocycles. The van der Waals surface area contributed by atoms with Gasteiger partial charge < -0.3 is 10.5 Å². The van der Waals surface area contributed by atoms with E-state index in [-0.39, 0.29) is 6.10 Å². The summed E-state index contributed by atoms with van der Waals surface area (Å²) in [5.41, 5.74) is 6.26. The predicted molar refractivity (Wildman–Crippen MR) is 65.4 cm³/mol. The number of hydrogen-bond donors (Lipinski definition) is 1. The van der Waals surface area contributed by atoms with Gasteiger partial charge in [-0.25, -0.2) is 0 Å². The van der Waals surface area contributed by atoms with Crippen molar-refractivity contribution < 1.29 is 4.74 Å². The van der Waals surface area contributed by atoms with Crippen molar-refractivity contribution in [1.29, 1.82) is 0 Å². The Hall–Kier alpha value is -0.890. The maximum atomic E-state index is 6.01. The number of hydrogen-bond acceptors (Lipinski definition) is 2. The Labute approximate surface area is 96.4 Å². The van der Waals surface area contributed by atoms with Crippen LogP contribution < -0.4 is 10.5 Å². The highest BCUT2D eigenvalue weighted by Crippen LogP contribution is 2.28. The molecule has 0 radical (unpaired) electrons. The number of anilines is 1. The first-order valence-corrected chi connectivity index (χ1v) is 5.58. The van der Waals surface area contributed by atoms with Crippen molar-refractivity contribution in [2.75, 3.05) is 5.73 Å². The molecule has 1 atom stereocenters. The van der Waals surface area contributed by atoms with Crippen molar-refractivity contribution in [3.63, 3.8) is 0 Å². The van der Waals surface area contributed by atoms with Crippen molar-refractivity contribution in [1.82, 2.24) is 0 Å². The highest BCUT2D eigenvalue weighted by molar-refractivity contribution is 6.32. The summed E-state index contributed by atoms with van der Waals surface area (Å²) < 4.78 is 5.72. The Bertz CT molecular complexity index is 325. The summed E-state index contributed by atoms with van der Waals surface area (Å²) >= 11 is 6.01. The summed E-state index contributed by atoms with van der Waals surface area (Å²) in [6.45, 7) is 6.39. The summed E-state index contributed by atoms with van der Waals surface area (Å²) in [5.74, 6) is 1.33. The molecule has 3 heteroatoms. The van der Waals surface area contributed by atoms with Crippen LogP contribution in [0.25, 0.3) is 0 Å². The smallest absolute Gasteiger partial charge is 0.138 e. The highest BCUT2D eigenvalue weighted by Gasteiger charge is 2.09. The van der Waals surface area contributed by atoms with Crippen LogP contribution >= 0.6 is 11.6 Å². The zero-order valence-corrected chi connectivity index (χ0v) is 10.2. The number of benzene rings is 1. The largest absolute Gasteiger partial charge is 0.489 e. The molecular formula is C12H18ClNO. The fraction of sp³-hybridized carbons (Fsp3) is 0.500. The van der Waals surface area contributed by atoms with Gasteiger partial charge in [0, 0.05) is 5.69 Å². The lowest BCUT2D eigenvalue weighted by atomic mass is 10.1. The van der Waals surface area contributed by atoms with Crippen molar-refractivity contribution in [2.45, 2.75) is 33.3 Å². The average Bonchev–Trinajstić information content (AvgIpc) is 2.08. The fourth-order valence-electron chi connectivity index (χ4n) is 1.54. The highest BCUT2D eigenvalue weighted by atomic mass is 35.5. The minimum absolute atomic E-state index is 0.172. The van der Waals surface area contributed by atoms with Gasteiger partial charge in [0.05, 0.1) is 11.1 Å². The maximum Gasteiger partial charge on any atom is 0.138 e. The van der Waals surface area contributed by atoms with E-state index < -0.39 is 0 Å². The Morgan fingerprint density at radius 2 is 2.00 bits per heavy atom. The Morgan fingerprint density at radius 3 is 2.53 bits per heavy atom. The van der Waals surface area contributed by atoms with Crippen molar-refractivity contribution in [3.8, 4) is 5.75 Å². The van der Waals surface area contributed by atoms with Gasteiger partial charge in [0.2, 0.25) is 0 Å². The van der Waals surface area contributed by atoms with Crippen LogP contribution in [0.5, 0.6) is 5.75 Å². The van der Waals surface area contributed by atoms with E-state index in [2.05, 4.69) is 13.8 Å². The Kier molecular flexibility index (Phi) is 4.28. The SMILES string of the molecule is CC(C)CC(C)Oc1ccc(N)cc1Cl. The van der Waals surface area contributed by atoms with E-state index in [4.69, 9.17) is 22.1 Å². The lowest BCUT2D eigenvalue weighted by Crippen LogP contribution is -2.14. The van der Waals surface area contributed by atoms with Crippen LogP contribution in [0.15, 0.2) is 18.2 Å². The van der Waals surface area contributed by atoms with Gasteiger partial charge in [0.15, 0.2) is 0 Å². The van der Waals surface area contributed by atoms with Gasteiger partial charge >= 0.3 is 0 Å². The standard InChI is InChI=1S/C12H18ClNO/c1-8(2)6-9(3)15-12-5-4-10(14)7-11(12)13/h4-5,7-9H,6,14H2,1-3H3. The molecule has 15 heavy (non-hydrogen) atoms. The van der Waals surface area contributed by atoms with Crippen molar-refractivity contribution in [3.05, 3.63) is 23.2 Å². The van der Waals surface area contributed by atoms with Crippen LogP contribution in [0.1, 0.15) is 27.2 Å². The second-order valence-electron chi connectivity index (χ2n) is 4.25. The average molecular weight is 228 g/mol. The molecule has 1 aromatic rings. The third-order valence-corrected chi connectivity index (χ3v) is 2.38. The Balaban J connectivity index is 2.64. The van der Waals surface area contributed by atoms with Crippen LogP contribution in [0, 0.1) is 5.92 Å². The third kappa shape index (κ3) is 4.00. The van der Waals surface area contributed by atoms with Crippen LogP contribution in [0.2, 0.25) is 5.02 Å². The topological polar surface area (TPSA) is 35.2 Å². The molecule has 0 spiro atoms. The van der Waals surface area contributed by atoms with E-state index in [1.54, 1.807) is 12.1 Å². The number of halogens is 1. The lowest BCUT2D eigenvalue weighted by Gasteiger charge is -2.17. The van der Waals surface area contributed by atoms with Gasteiger partial charge in [-0.2, -0.15) is 0 Å². The molecule has 0 aliphatic rings. The zero-order chi connectivity index (χ0) is 11.4. The molecule has 2 nitrogen and oxygen atoms in total. The van der Waals surface area contributed by atoms with E-state index in [0.717, 1.165) is 6.42 Å². The van der Waals surface area contributed by atoms with Gasteiger partial charge in [-0.3, -0.25) is 0 Å². The normalized spacial score (nSPS) is 12.9. The van der Waals surface area contributed by atoms with Gasteiger partial charge in [-0.05, 0) is 37.5 Å². The summed E-state index contributed by atoms with van der Waals surface area (Å²) in [4.78, 5) is 0. The van der Waals surface area contributed by atoms with Crippen molar-refractivity contribution in [2.24, 2.45) is 5.92 Å². The van der Waals surface area contributed by atoms with Gasteiger partial charge in [-0.1, -0.05) is 25.4 Å². The molecule has 1 unspecified atom stereocenters. The first kappa shape index (κ1) is 12.2. The molecule has 0 saturated carbocycles. The molecule has 0 heterocycles. The summed E-state index contributed by atoms with van der Waals surface area (Å²) in [5, 5.41) is 0.575. The molecule has 0 saturated heterocycles. The Morgan fingerprint density at radius 1 is 1.33 bits per heavy atom. The molecule has 0 aromatic heterocycles. The van der Waals surface area contributed by atoms with E-state index in [0.29, 0.717) is 22.4 Å². The molecule has 0 fully saturated rings. The molecule has 1 rings (SSSR count). The van der Waals surface area contributed by atoms with E-state index in [1.807, 2.05) is 13.0 Å². The molecule has 0 aliphatic heterocycles. The monoisotopic (exact) mass is 227 g/mol. The number of nitrogen functional groups attached to an aromatic ring is 1. The summed E-state index contributed by atoms with van der Waals surface area (Å²) in [6, 6.07) is 5.32. The molecular weight excluding hydrogens is 210 g/mol. The first-order valence-electron chi connectivity index (χ1n) is 5.20. The van der Waals surface area contributed by atoms with Crippen LogP contribution in [-0.4, -0.2) is 6.10 Å². The van der Waals surface area contributed by atoms with Crippen LogP contribution in [0.3, 0.4) is 0 Å². The van der Waals surface area contributed by atoms with Crippen LogP contribution in [0.4, 0.5) is 5.69 Å². The summed E-state index contributed by atoms with van der Waals surface area (Å²) in [7, 11) is 0. The predicted octanol–water partition coefficient (Wildman–Crippen LogP) is 3.74. The van der Waals surface area contributed by atoms with Gasteiger partial charge in [-0.15, -0.1) is 0 Å². The summed E-state index contributed by atoms with van der Waals surface area (Å²) in [6.07, 6.45) is 1.19. The zero-order valence-electron chi connectivity index (χ0n) is 9.46. The molecule has 0 amide bonds. The quantitative estimate of drug-likeness (QED) is 0.796. The minimum atomic E-state index is 0.172. The fourth-order valence-corrected chi connectivity index (χ4v) is 1.77. The van der Waals surface area contributed by atoms with Gasteiger partial charge in [0.1, 0.15) is 5.75 Å². The lowest BCUT2D eigenvalue weighted by molar-refractivity contribution is 0.193. The van der Waals surface area contributed by atoms with Gasteiger partial charge in [0.25, 0.3) is 0 Å². The van der Waals surface area contributed by atoms with Crippen LogP contribution in [-0.2, 0) is 0 Å².